The van der Waals surface area contributed by atoms with Crippen LogP contribution in [0, 0.1) is 0 Å². The average molecular weight is 496 g/mol. The predicted octanol–water partition coefficient (Wildman–Crippen LogP) is 6.45. The van der Waals surface area contributed by atoms with Gasteiger partial charge >= 0.3 is 0 Å². The summed E-state index contributed by atoms with van der Waals surface area (Å²) in [6, 6.07) is 12.1. The largest absolute Gasteiger partial charge is 0.352 e. The van der Waals surface area contributed by atoms with Gasteiger partial charge in [-0.2, -0.15) is 0 Å². The van der Waals surface area contributed by atoms with Crippen molar-refractivity contribution in [2.75, 3.05) is 0 Å². The van der Waals surface area contributed by atoms with Crippen LogP contribution >= 0.6 is 34.8 Å². The molecule has 1 unspecified atom stereocenters. The van der Waals surface area contributed by atoms with E-state index in [0.717, 1.165) is 36.8 Å². The molecule has 4 nitrogen and oxygen atoms in total. The van der Waals surface area contributed by atoms with E-state index in [1.807, 2.05) is 25.1 Å². The topological polar surface area (TPSA) is 49.4 Å². The summed E-state index contributed by atoms with van der Waals surface area (Å²) in [5, 5.41) is 4.64. The third kappa shape index (κ3) is 6.87. The van der Waals surface area contributed by atoms with Crippen LogP contribution in [0.4, 0.5) is 0 Å². The summed E-state index contributed by atoms with van der Waals surface area (Å²) in [7, 11) is 0. The van der Waals surface area contributed by atoms with Crippen molar-refractivity contribution in [3.05, 3.63) is 68.7 Å². The Morgan fingerprint density at radius 3 is 2.41 bits per heavy atom. The number of halogens is 3. The van der Waals surface area contributed by atoms with Crippen LogP contribution in [0.25, 0.3) is 0 Å². The van der Waals surface area contributed by atoms with Crippen molar-refractivity contribution in [2.24, 2.45) is 0 Å². The minimum atomic E-state index is -0.571. The second kappa shape index (κ2) is 11.9. The Morgan fingerprint density at radius 2 is 1.75 bits per heavy atom. The maximum Gasteiger partial charge on any atom is 0.243 e. The molecule has 0 heterocycles. The Kier molecular flexibility index (Phi) is 9.27. The molecule has 0 bridgehead atoms. The Balaban J connectivity index is 1.83. The fourth-order valence-corrected chi connectivity index (χ4v) is 4.76. The second-order valence-corrected chi connectivity index (χ2v) is 9.60. The maximum absolute atomic E-state index is 13.4. The summed E-state index contributed by atoms with van der Waals surface area (Å²) in [6.45, 7) is 2.20. The molecule has 0 saturated heterocycles. The van der Waals surface area contributed by atoms with Crippen LogP contribution in [0.15, 0.2) is 42.5 Å². The lowest BCUT2D eigenvalue weighted by atomic mass is 9.95. The number of carbonyl (C=O) groups excluding carboxylic acids is 2. The molecule has 2 aromatic rings. The van der Waals surface area contributed by atoms with Gasteiger partial charge in [0.15, 0.2) is 0 Å². The minimum absolute atomic E-state index is 0.0982. The van der Waals surface area contributed by atoms with Gasteiger partial charge in [-0.3, -0.25) is 9.59 Å². The highest BCUT2D eigenvalue weighted by Gasteiger charge is 2.30. The van der Waals surface area contributed by atoms with E-state index in [1.54, 1.807) is 29.2 Å². The summed E-state index contributed by atoms with van der Waals surface area (Å²) in [4.78, 5) is 28.3. The first-order chi connectivity index (χ1) is 15.4. The number of hydrogen-bond donors (Lipinski definition) is 1. The van der Waals surface area contributed by atoms with Crippen molar-refractivity contribution >= 4 is 46.6 Å². The van der Waals surface area contributed by atoms with E-state index in [0.29, 0.717) is 21.5 Å². The third-order valence-electron chi connectivity index (χ3n) is 5.92. The molecule has 1 fully saturated rings. The maximum atomic E-state index is 13.4. The van der Waals surface area contributed by atoms with E-state index < -0.39 is 6.04 Å². The molecule has 1 saturated carbocycles. The van der Waals surface area contributed by atoms with Crippen LogP contribution in [0.2, 0.25) is 15.1 Å². The Labute approximate surface area is 205 Å². The molecule has 3 rings (SSSR count). The van der Waals surface area contributed by atoms with Crippen molar-refractivity contribution in [2.45, 2.75) is 70.5 Å². The number of hydrogen-bond acceptors (Lipinski definition) is 2. The first-order valence-electron chi connectivity index (χ1n) is 11.2. The highest BCUT2D eigenvalue weighted by atomic mass is 35.5. The Bertz CT molecular complexity index is 945. The van der Waals surface area contributed by atoms with E-state index in [2.05, 4.69) is 5.32 Å². The highest BCUT2D eigenvalue weighted by Crippen LogP contribution is 2.25. The molecule has 1 aliphatic carbocycles. The van der Waals surface area contributed by atoms with Gasteiger partial charge in [0.05, 0.1) is 16.5 Å². The first kappa shape index (κ1) is 24.9. The fraction of sp³-hybridized carbons (Fsp3) is 0.440. The molecular formula is C25H29Cl3N2O2. The van der Waals surface area contributed by atoms with Crippen LogP contribution in [-0.4, -0.2) is 28.8 Å². The van der Waals surface area contributed by atoms with Gasteiger partial charge in [0.25, 0.3) is 0 Å². The van der Waals surface area contributed by atoms with Gasteiger partial charge in [0.1, 0.15) is 6.04 Å². The van der Waals surface area contributed by atoms with Crippen LogP contribution in [0.1, 0.15) is 56.6 Å². The quantitative estimate of drug-likeness (QED) is 0.458. The summed E-state index contributed by atoms with van der Waals surface area (Å²) in [5.74, 6) is -0.233. The number of nitrogens with zero attached hydrogens (tertiary/aromatic N) is 1. The molecule has 2 amide bonds. The molecule has 0 aliphatic heterocycles. The molecule has 1 N–H and O–H groups in total. The zero-order chi connectivity index (χ0) is 23.1. The predicted molar refractivity (Wildman–Crippen MR) is 131 cm³/mol. The van der Waals surface area contributed by atoms with Crippen molar-refractivity contribution in [1.29, 1.82) is 0 Å². The van der Waals surface area contributed by atoms with E-state index in [-0.39, 0.29) is 30.8 Å². The molecule has 172 valence electrons. The molecular weight excluding hydrogens is 467 g/mol. The van der Waals surface area contributed by atoms with Crippen LogP contribution in [0.5, 0.6) is 0 Å². The Hall–Kier alpha value is -1.75. The van der Waals surface area contributed by atoms with Gasteiger partial charge in [-0.15, -0.1) is 0 Å². The zero-order valence-electron chi connectivity index (χ0n) is 18.3. The number of amides is 2. The van der Waals surface area contributed by atoms with Crippen molar-refractivity contribution in [1.82, 2.24) is 10.2 Å². The molecule has 2 aromatic carbocycles. The lowest BCUT2D eigenvalue weighted by molar-refractivity contribution is -0.141. The monoisotopic (exact) mass is 494 g/mol. The third-order valence-corrected chi connectivity index (χ3v) is 6.89. The van der Waals surface area contributed by atoms with E-state index in [9.17, 15) is 9.59 Å². The van der Waals surface area contributed by atoms with E-state index >= 15 is 0 Å². The summed E-state index contributed by atoms with van der Waals surface area (Å²) < 4.78 is 0. The Morgan fingerprint density at radius 1 is 1.00 bits per heavy atom. The standard InChI is InChI=1S/C25H29Cl3N2O2/c1-2-23(25(32)29-20-9-4-3-5-10-20)30(16-18-11-12-21(27)22(28)14-18)24(31)15-17-7-6-8-19(26)13-17/h6-8,11-14,20,23H,2-5,9-10,15-16H2,1H3,(H,29,32). The van der Waals surface area contributed by atoms with Gasteiger partial charge in [-0.05, 0) is 54.7 Å². The van der Waals surface area contributed by atoms with Crippen molar-refractivity contribution in [3.63, 3.8) is 0 Å². The molecule has 7 heteroatoms. The number of rotatable bonds is 8. The van der Waals surface area contributed by atoms with Gasteiger partial charge in [0.2, 0.25) is 11.8 Å². The van der Waals surface area contributed by atoms with Gasteiger partial charge < -0.3 is 10.2 Å². The van der Waals surface area contributed by atoms with Crippen LogP contribution in [0.3, 0.4) is 0 Å². The lowest BCUT2D eigenvalue weighted by Gasteiger charge is -2.33. The fourth-order valence-electron chi connectivity index (χ4n) is 4.22. The van der Waals surface area contributed by atoms with Gasteiger partial charge in [-0.1, -0.05) is 79.2 Å². The SMILES string of the molecule is CCC(C(=O)NC1CCCCC1)N(Cc1ccc(Cl)c(Cl)c1)C(=O)Cc1cccc(Cl)c1. The normalized spacial score (nSPS) is 15.2. The van der Waals surface area contributed by atoms with Crippen LogP contribution in [-0.2, 0) is 22.6 Å². The molecule has 1 atom stereocenters. The minimum Gasteiger partial charge on any atom is -0.352 e. The highest BCUT2D eigenvalue weighted by molar-refractivity contribution is 6.42. The van der Waals surface area contributed by atoms with Crippen molar-refractivity contribution in [3.8, 4) is 0 Å². The number of carbonyl (C=O) groups is 2. The van der Waals surface area contributed by atoms with Gasteiger partial charge in [-0.25, -0.2) is 0 Å². The van der Waals surface area contributed by atoms with E-state index in [1.165, 1.54) is 6.42 Å². The molecule has 1 aliphatic rings. The molecule has 0 spiro atoms. The smallest absolute Gasteiger partial charge is 0.243 e. The molecule has 0 radical (unpaired) electrons. The lowest BCUT2D eigenvalue weighted by Crippen LogP contribution is -2.51. The van der Waals surface area contributed by atoms with E-state index in [4.69, 9.17) is 34.8 Å². The van der Waals surface area contributed by atoms with Crippen LogP contribution < -0.4 is 5.32 Å². The molecule has 0 aromatic heterocycles. The average Bonchev–Trinajstić information content (AvgIpc) is 2.76. The summed E-state index contributed by atoms with van der Waals surface area (Å²) in [5.41, 5.74) is 1.63. The second-order valence-electron chi connectivity index (χ2n) is 8.34. The summed E-state index contributed by atoms with van der Waals surface area (Å²) >= 11 is 18.4. The van der Waals surface area contributed by atoms with Crippen molar-refractivity contribution < 1.29 is 9.59 Å². The number of nitrogens with one attached hydrogen (secondary N) is 1. The summed E-state index contributed by atoms with van der Waals surface area (Å²) in [6.07, 6.45) is 6.13. The zero-order valence-corrected chi connectivity index (χ0v) is 20.5. The first-order valence-corrected chi connectivity index (χ1v) is 12.3. The molecule has 32 heavy (non-hydrogen) atoms. The number of benzene rings is 2. The van der Waals surface area contributed by atoms with Gasteiger partial charge in [0, 0.05) is 17.6 Å².